The van der Waals surface area contributed by atoms with E-state index in [1.54, 1.807) is 0 Å². The van der Waals surface area contributed by atoms with Crippen molar-refractivity contribution in [2.75, 3.05) is 56.0 Å². The quantitative estimate of drug-likeness (QED) is 0.718. The van der Waals surface area contributed by atoms with Gasteiger partial charge in [0.2, 0.25) is 0 Å². The molecule has 3 atom stereocenters. The third-order valence-electron chi connectivity index (χ3n) is 7.91. The molecule has 0 bridgehead atoms. The number of urea groups is 1. The average molecular weight is 435 g/mol. The molecule has 0 saturated carbocycles. The minimum absolute atomic E-state index is 0.00360. The van der Waals surface area contributed by atoms with E-state index in [-0.39, 0.29) is 6.03 Å². The molecule has 2 amide bonds. The van der Waals surface area contributed by atoms with Crippen LogP contribution in [0.2, 0.25) is 0 Å². The van der Waals surface area contributed by atoms with Crippen LogP contribution in [0.5, 0.6) is 0 Å². The first-order valence-electron chi connectivity index (χ1n) is 12.2. The molecule has 3 heterocycles. The molecule has 3 unspecified atom stereocenters. The predicted octanol–water partition coefficient (Wildman–Crippen LogP) is 3.89. The molecular weight excluding hydrogens is 398 g/mol. The normalized spacial score (nSPS) is 28.2. The summed E-state index contributed by atoms with van der Waals surface area (Å²) in [5.74, 6) is 0. The number of hydrogen-bond acceptors (Lipinski definition) is 3. The number of carbonyl (C=O) groups is 1. The minimum atomic E-state index is 0.00360. The van der Waals surface area contributed by atoms with Crippen LogP contribution in [-0.4, -0.2) is 68.8 Å². The highest BCUT2D eigenvalue weighted by Crippen LogP contribution is 2.39. The van der Waals surface area contributed by atoms with Crippen LogP contribution in [-0.2, 0) is 0 Å². The van der Waals surface area contributed by atoms with Crippen molar-refractivity contribution in [3.05, 3.63) is 54.6 Å². The van der Waals surface area contributed by atoms with Crippen molar-refractivity contribution in [1.29, 1.82) is 0 Å². The standard InChI is InChI=1S/C26H35N5O/c1-21-6-5-19-31(21,25-13-14-27-20-25)24-11-9-22(10-12-24)28-26(32)30-17-15-29(16-18-30)23-7-3-2-4-8-23/h2-4,7-12,21,25,27H,5-6,13-20H2,1H3/p+1. The Labute approximate surface area is 191 Å². The zero-order chi connectivity index (χ0) is 22.0. The van der Waals surface area contributed by atoms with E-state index in [4.69, 9.17) is 0 Å². The van der Waals surface area contributed by atoms with Gasteiger partial charge in [-0.25, -0.2) is 4.79 Å². The van der Waals surface area contributed by atoms with Gasteiger partial charge in [0.25, 0.3) is 0 Å². The number of nitrogens with zero attached hydrogens (tertiary/aromatic N) is 3. The van der Waals surface area contributed by atoms with Crippen LogP contribution < -0.4 is 20.0 Å². The molecule has 0 spiro atoms. The number of likely N-dealkylation sites (tertiary alicyclic amines) is 1. The topological polar surface area (TPSA) is 47.6 Å². The lowest BCUT2D eigenvalue weighted by Crippen LogP contribution is -2.59. The highest BCUT2D eigenvalue weighted by Gasteiger charge is 2.47. The lowest BCUT2D eigenvalue weighted by molar-refractivity contribution is 0.203. The summed E-state index contributed by atoms with van der Waals surface area (Å²) in [6, 6.07) is 20.5. The highest BCUT2D eigenvalue weighted by atomic mass is 16.2. The lowest BCUT2D eigenvalue weighted by Gasteiger charge is -2.43. The van der Waals surface area contributed by atoms with E-state index < -0.39 is 0 Å². The second kappa shape index (κ2) is 9.12. The molecule has 6 nitrogen and oxygen atoms in total. The molecule has 2 N–H and O–H groups in total. The summed E-state index contributed by atoms with van der Waals surface area (Å²) in [5.41, 5.74) is 3.52. The summed E-state index contributed by atoms with van der Waals surface area (Å²) in [6.07, 6.45) is 3.84. The Bertz CT molecular complexity index is 904. The number of nitrogens with one attached hydrogen (secondary N) is 2. The molecular formula is C26H36N5O+. The largest absolute Gasteiger partial charge is 0.368 e. The van der Waals surface area contributed by atoms with Crippen LogP contribution in [0.3, 0.4) is 0 Å². The molecule has 3 saturated heterocycles. The molecule has 0 aliphatic carbocycles. The molecule has 6 heteroatoms. The van der Waals surface area contributed by atoms with E-state index >= 15 is 0 Å². The van der Waals surface area contributed by atoms with Crippen LogP contribution >= 0.6 is 0 Å². The van der Waals surface area contributed by atoms with Crippen molar-refractivity contribution < 1.29 is 4.79 Å². The Morgan fingerprint density at radius 1 is 1.00 bits per heavy atom. The number of piperazine rings is 1. The van der Waals surface area contributed by atoms with E-state index in [1.165, 1.54) is 37.2 Å². The molecule has 3 aliphatic rings. The first-order valence-corrected chi connectivity index (χ1v) is 12.2. The maximum absolute atomic E-state index is 12.9. The smallest absolute Gasteiger partial charge is 0.321 e. The van der Waals surface area contributed by atoms with Crippen LogP contribution in [0.25, 0.3) is 0 Å². The fourth-order valence-electron chi connectivity index (χ4n) is 6.10. The molecule has 3 fully saturated rings. The summed E-state index contributed by atoms with van der Waals surface area (Å²) in [4.78, 5) is 17.1. The Hall–Kier alpha value is -2.57. The Morgan fingerprint density at radius 3 is 2.38 bits per heavy atom. The fourth-order valence-corrected chi connectivity index (χ4v) is 6.10. The summed E-state index contributed by atoms with van der Waals surface area (Å²) in [5, 5.41) is 6.70. The third-order valence-corrected chi connectivity index (χ3v) is 7.91. The van der Waals surface area contributed by atoms with Crippen molar-refractivity contribution in [3.63, 3.8) is 0 Å². The number of amides is 2. The Morgan fingerprint density at radius 2 is 1.75 bits per heavy atom. The first-order chi connectivity index (χ1) is 15.7. The zero-order valence-electron chi connectivity index (χ0n) is 19.2. The third kappa shape index (κ3) is 3.97. The number of anilines is 2. The molecule has 0 radical (unpaired) electrons. The van der Waals surface area contributed by atoms with Crippen molar-refractivity contribution in [1.82, 2.24) is 14.7 Å². The number of benzene rings is 2. The second-order valence-electron chi connectivity index (χ2n) is 9.58. The van der Waals surface area contributed by atoms with Crippen LogP contribution in [0.4, 0.5) is 21.9 Å². The van der Waals surface area contributed by atoms with E-state index in [1.807, 2.05) is 11.0 Å². The average Bonchev–Trinajstić information content (AvgIpc) is 3.51. The number of quaternary nitrogens is 1. The molecule has 5 rings (SSSR count). The molecule has 3 aliphatic heterocycles. The lowest BCUT2D eigenvalue weighted by atomic mass is 10.1. The van der Waals surface area contributed by atoms with Crippen molar-refractivity contribution >= 4 is 23.1 Å². The van der Waals surface area contributed by atoms with Crippen molar-refractivity contribution in [2.24, 2.45) is 0 Å². The predicted molar refractivity (Wildman–Crippen MR) is 132 cm³/mol. The maximum atomic E-state index is 12.9. The van der Waals surface area contributed by atoms with E-state index in [9.17, 15) is 4.79 Å². The summed E-state index contributed by atoms with van der Waals surface area (Å²) in [6.45, 7) is 9.09. The number of carbonyl (C=O) groups excluding carboxylic acids is 1. The minimum Gasteiger partial charge on any atom is -0.368 e. The van der Waals surface area contributed by atoms with Crippen LogP contribution in [0.15, 0.2) is 54.6 Å². The Balaban J connectivity index is 1.22. The number of rotatable bonds is 4. The van der Waals surface area contributed by atoms with Gasteiger partial charge in [-0.2, -0.15) is 0 Å². The Kier molecular flexibility index (Phi) is 6.07. The van der Waals surface area contributed by atoms with Gasteiger partial charge in [-0.3, -0.25) is 4.48 Å². The van der Waals surface area contributed by atoms with Crippen molar-refractivity contribution in [2.45, 2.75) is 38.3 Å². The van der Waals surface area contributed by atoms with Gasteiger partial charge in [0, 0.05) is 82.0 Å². The van der Waals surface area contributed by atoms with E-state index in [0.717, 1.165) is 49.4 Å². The fraction of sp³-hybridized carbons (Fsp3) is 0.500. The summed E-state index contributed by atoms with van der Waals surface area (Å²) < 4.78 is 1.10. The van der Waals surface area contributed by atoms with Gasteiger partial charge in [-0.15, -0.1) is 0 Å². The molecule has 2 aromatic rings. The maximum Gasteiger partial charge on any atom is 0.321 e. The monoisotopic (exact) mass is 434 g/mol. The van der Waals surface area contributed by atoms with Gasteiger partial charge in [-0.1, -0.05) is 18.2 Å². The van der Waals surface area contributed by atoms with Gasteiger partial charge in [0.1, 0.15) is 11.7 Å². The molecule has 32 heavy (non-hydrogen) atoms. The summed E-state index contributed by atoms with van der Waals surface area (Å²) >= 11 is 0. The number of para-hydroxylation sites is 1. The zero-order valence-corrected chi connectivity index (χ0v) is 19.2. The van der Waals surface area contributed by atoms with E-state index in [0.29, 0.717) is 12.1 Å². The van der Waals surface area contributed by atoms with Crippen molar-refractivity contribution in [3.8, 4) is 0 Å². The van der Waals surface area contributed by atoms with Gasteiger partial charge in [0.15, 0.2) is 0 Å². The first kappa shape index (κ1) is 21.3. The second-order valence-corrected chi connectivity index (χ2v) is 9.58. The van der Waals surface area contributed by atoms with Crippen LogP contribution in [0, 0.1) is 0 Å². The van der Waals surface area contributed by atoms with Crippen LogP contribution in [0.1, 0.15) is 26.2 Å². The van der Waals surface area contributed by atoms with Gasteiger partial charge in [0.05, 0.1) is 12.6 Å². The molecule has 170 valence electrons. The molecule has 0 aromatic heterocycles. The number of hydrogen-bond donors (Lipinski definition) is 2. The highest BCUT2D eigenvalue weighted by molar-refractivity contribution is 5.89. The van der Waals surface area contributed by atoms with Gasteiger partial charge in [-0.05, 0) is 31.2 Å². The molecule has 2 aromatic carbocycles. The van der Waals surface area contributed by atoms with Gasteiger partial charge < -0.3 is 20.4 Å². The van der Waals surface area contributed by atoms with E-state index in [2.05, 4.69) is 71.0 Å². The van der Waals surface area contributed by atoms with Gasteiger partial charge >= 0.3 is 6.03 Å². The summed E-state index contributed by atoms with van der Waals surface area (Å²) in [7, 11) is 0. The SMILES string of the molecule is CC1CCC[N+]1(c1ccc(NC(=O)N2CCN(c3ccccc3)CC2)cc1)C1CCNC1.